The van der Waals surface area contributed by atoms with Crippen LogP contribution in [0.15, 0.2) is 72.8 Å². The van der Waals surface area contributed by atoms with Crippen LogP contribution in [0.4, 0.5) is 0 Å². The van der Waals surface area contributed by atoms with E-state index in [1.54, 1.807) is 12.1 Å². The Morgan fingerprint density at radius 1 is 0.593 bits per heavy atom. The second-order valence-electron chi connectivity index (χ2n) is 17.5. The summed E-state index contributed by atoms with van der Waals surface area (Å²) in [4.78, 5) is 28.5. The molecule has 9 nitrogen and oxygen atoms in total. The molecule has 8 rings (SSSR count). The summed E-state index contributed by atoms with van der Waals surface area (Å²) >= 11 is 0. The first-order valence-corrected chi connectivity index (χ1v) is 22.4. The average molecular weight is 809 g/mol. The molecular formula is C50H68N2O7. The zero-order valence-corrected chi connectivity index (χ0v) is 36.0. The molecule has 0 amide bonds. The molecular weight excluding hydrogens is 741 g/mol. The fourth-order valence-electron chi connectivity index (χ4n) is 9.15. The van der Waals surface area contributed by atoms with E-state index in [0.29, 0.717) is 25.1 Å². The van der Waals surface area contributed by atoms with Gasteiger partial charge in [-0.15, -0.1) is 0 Å². The third-order valence-corrected chi connectivity index (χ3v) is 12.6. The molecule has 2 aliphatic carbocycles. The summed E-state index contributed by atoms with van der Waals surface area (Å²) in [6, 6.07) is 25.0. The normalized spacial score (nSPS) is 22.9. The van der Waals surface area contributed by atoms with Gasteiger partial charge in [0.25, 0.3) is 0 Å². The molecule has 2 heterocycles. The fraction of sp³-hybridized carbons (Fsp3) is 0.560. The van der Waals surface area contributed by atoms with Gasteiger partial charge in [0.05, 0.1) is 37.3 Å². The third kappa shape index (κ3) is 13.4. The number of carbonyl (C=O) groups excluding carboxylic acids is 2. The number of phenolic OH excluding ortho intramolecular Hbond substituents is 1. The van der Waals surface area contributed by atoms with Crippen molar-refractivity contribution in [3.8, 4) is 11.5 Å². The molecule has 2 aliphatic heterocycles. The lowest BCUT2D eigenvalue weighted by Gasteiger charge is -2.30. The number of likely N-dealkylation sites (tertiary alicyclic amines) is 2. The van der Waals surface area contributed by atoms with Crippen LogP contribution in [0.25, 0.3) is 21.5 Å². The molecule has 4 aliphatic rings. The monoisotopic (exact) mass is 809 g/mol. The molecule has 2 saturated heterocycles. The van der Waals surface area contributed by atoms with Crippen LogP contribution < -0.4 is 4.74 Å². The minimum absolute atomic E-state index is 0.0231. The number of nitrogens with zero attached hydrogens (tertiary/aromatic N) is 2. The van der Waals surface area contributed by atoms with Crippen LogP contribution in [-0.4, -0.2) is 83.6 Å². The first-order valence-electron chi connectivity index (χ1n) is 22.4. The van der Waals surface area contributed by atoms with Crippen molar-refractivity contribution < 1.29 is 34.0 Å². The molecule has 9 heteroatoms. The summed E-state index contributed by atoms with van der Waals surface area (Å²) in [5.41, 5.74) is 2.59. The van der Waals surface area contributed by atoms with E-state index in [2.05, 4.69) is 78.2 Å². The van der Waals surface area contributed by atoms with E-state index < -0.39 is 0 Å². The zero-order chi connectivity index (χ0) is 41.7. The molecule has 4 aromatic carbocycles. The number of piperidine rings is 2. The van der Waals surface area contributed by atoms with Crippen molar-refractivity contribution in [3.63, 3.8) is 0 Å². The number of fused-ring (bicyclic) bond motifs is 2. The van der Waals surface area contributed by atoms with E-state index in [-0.39, 0.29) is 29.9 Å². The van der Waals surface area contributed by atoms with Crippen LogP contribution in [0.3, 0.4) is 0 Å². The Morgan fingerprint density at radius 2 is 1.07 bits per heavy atom. The van der Waals surface area contributed by atoms with Gasteiger partial charge in [-0.2, -0.15) is 0 Å². The smallest absolute Gasteiger partial charge is 0.309 e. The quantitative estimate of drug-likeness (QED) is 0.152. The number of aliphatic hydroxyl groups excluding tert-OH is 1. The minimum atomic E-state index is -0.0438. The lowest BCUT2D eigenvalue weighted by molar-refractivity contribution is -0.150. The van der Waals surface area contributed by atoms with Gasteiger partial charge in [0, 0.05) is 13.1 Å². The number of phenols is 1. The summed E-state index contributed by atoms with van der Waals surface area (Å²) in [7, 11) is 0. The second-order valence-corrected chi connectivity index (χ2v) is 17.5. The third-order valence-electron chi connectivity index (χ3n) is 12.6. The highest BCUT2D eigenvalue weighted by Crippen LogP contribution is 2.31. The van der Waals surface area contributed by atoms with Gasteiger partial charge in [0.2, 0.25) is 0 Å². The van der Waals surface area contributed by atoms with Crippen LogP contribution in [0, 0.1) is 23.7 Å². The van der Waals surface area contributed by atoms with Crippen molar-refractivity contribution in [2.45, 2.75) is 117 Å². The lowest BCUT2D eigenvalue weighted by Crippen LogP contribution is -2.36. The highest BCUT2D eigenvalue weighted by atomic mass is 16.5. The maximum absolute atomic E-state index is 11.9. The molecule has 2 saturated carbocycles. The Morgan fingerprint density at radius 3 is 1.53 bits per heavy atom. The van der Waals surface area contributed by atoms with Crippen LogP contribution in [0.1, 0.15) is 103 Å². The zero-order valence-electron chi connectivity index (χ0n) is 36.0. The number of aromatic hydroxyl groups is 1. The molecule has 4 unspecified atom stereocenters. The Kier molecular flexibility index (Phi) is 16.5. The van der Waals surface area contributed by atoms with Gasteiger partial charge in [-0.1, -0.05) is 50.2 Å². The number of ether oxygens (including phenoxy) is 3. The van der Waals surface area contributed by atoms with Gasteiger partial charge in [-0.25, -0.2) is 0 Å². The van der Waals surface area contributed by atoms with Crippen molar-refractivity contribution >= 4 is 33.5 Å². The maximum Gasteiger partial charge on any atom is 0.309 e. The Labute approximate surface area is 352 Å². The van der Waals surface area contributed by atoms with Gasteiger partial charge in [0.15, 0.2) is 0 Å². The van der Waals surface area contributed by atoms with Crippen LogP contribution in [0.5, 0.6) is 11.5 Å². The summed E-state index contributed by atoms with van der Waals surface area (Å²) in [6.07, 6.45) is 10.8. The minimum Gasteiger partial charge on any atom is -0.508 e. The lowest BCUT2D eigenvalue weighted by atomic mass is 9.96. The molecule has 0 bridgehead atoms. The largest absolute Gasteiger partial charge is 0.508 e. The topological polar surface area (TPSA) is 109 Å². The van der Waals surface area contributed by atoms with E-state index in [4.69, 9.17) is 19.3 Å². The number of hydrogen-bond acceptors (Lipinski definition) is 9. The summed E-state index contributed by atoms with van der Waals surface area (Å²) in [5, 5.41) is 23.1. The molecule has 4 aromatic rings. The van der Waals surface area contributed by atoms with Crippen molar-refractivity contribution in [2.24, 2.45) is 23.7 Å². The average Bonchev–Trinajstić information content (AvgIpc) is 3.83. The number of carbonyl (C=O) groups is 2. The Hall–Kier alpha value is -4.18. The SMILES string of the molecule is CC1CCC(O)C1.CCOC(=O)C1CCN(Cc2ccc3cc(O)ccc3c2)CC1.CCOC(=O)C1CCN(Cc2ccc3cc(OC4CCC(C)C4)ccc3c2)CC1. The van der Waals surface area contributed by atoms with Crippen molar-refractivity contribution in [1.82, 2.24) is 9.80 Å². The Bertz CT molecular complexity index is 1940. The predicted octanol–water partition coefficient (Wildman–Crippen LogP) is 9.67. The molecule has 0 spiro atoms. The van der Waals surface area contributed by atoms with E-state index in [1.807, 2.05) is 19.9 Å². The number of benzene rings is 4. The Balaban J connectivity index is 0.000000173. The highest BCUT2D eigenvalue weighted by Gasteiger charge is 2.27. The standard InChI is InChI=1S/C25H33NO3.C19H23NO3.C6H12O/c1-3-28-25(27)20-10-12-26(13-11-20)17-19-5-6-22-16-24(9-7-21(22)15-19)29-23-8-4-18(2)14-23;1-2-23-19(22)15-7-9-20(10-8-15)13-14-3-4-17-12-18(21)6-5-16(17)11-14;1-5-2-3-6(7)4-5/h5-7,9,15-16,18,20,23H,3-4,8,10-14,17H2,1-2H3;3-6,11-12,15,21H,2,7-10,13H2,1H3;5-7H,2-4H2,1H3. The maximum atomic E-state index is 11.9. The first-order chi connectivity index (χ1) is 28.5. The van der Waals surface area contributed by atoms with Crippen LogP contribution in [-0.2, 0) is 32.2 Å². The van der Waals surface area contributed by atoms with E-state index >= 15 is 0 Å². The van der Waals surface area contributed by atoms with Crippen LogP contribution >= 0.6 is 0 Å². The van der Waals surface area contributed by atoms with Gasteiger partial charge in [-0.05, 0) is 185 Å². The van der Waals surface area contributed by atoms with Crippen molar-refractivity contribution in [3.05, 3.63) is 83.9 Å². The predicted molar refractivity (Wildman–Crippen MR) is 235 cm³/mol. The first kappa shape index (κ1) is 44.4. The molecule has 2 N–H and O–H groups in total. The highest BCUT2D eigenvalue weighted by molar-refractivity contribution is 5.85. The summed E-state index contributed by atoms with van der Waals surface area (Å²) in [5.74, 6) is 2.91. The summed E-state index contributed by atoms with van der Waals surface area (Å²) in [6.45, 7) is 14.8. The molecule has 59 heavy (non-hydrogen) atoms. The number of hydrogen-bond donors (Lipinski definition) is 2. The van der Waals surface area contributed by atoms with Crippen molar-refractivity contribution in [1.29, 1.82) is 0 Å². The van der Waals surface area contributed by atoms with E-state index in [9.17, 15) is 14.7 Å². The molecule has 4 fully saturated rings. The van der Waals surface area contributed by atoms with Crippen molar-refractivity contribution in [2.75, 3.05) is 39.4 Å². The van der Waals surface area contributed by atoms with E-state index in [0.717, 1.165) is 106 Å². The molecule has 0 radical (unpaired) electrons. The number of esters is 2. The number of rotatable bonds is 10. The van der Waals surface area contributed by atoms with Gasteiger partial charge in [-0.3, -0.25) is 19.4 Å². The van der Waals surface area contributed by atoms with Gasteiger partial charge in [0.1, 0.15) is 11.5 Å². The molecule has 320 valence electrons. The van der Waals surface area contributed by atoms with Gasteiger partial charge < -0.3 is 24.4 Å². The summed E-state index contributed by atoms with van der Waals surface area (Å²) < 4.78 is 16.5. The molecule has 0 aromatic heterocycles. The molecule has 4 atom stereocenters. The van der Waals surface area contributed by atoms with Gasteiger partial charge >= 0.3 is 11.9 Å². The fourth-order valence-corrected chi connectivity index (χ4v) is 9.15. The van der Waals surface area contributed by atoms with Crippen LogP contribution in [0.2, 0.25) is 0 Å². The second kappa shape index (κ2) is 21.9. The van der Waals surface area contributed by atoms with E-state index in [1.165, 1.54) is 47.6 Å². The number of aliphatic hydroxyl groups is 1.